The molecule has 1 aliphatic carbocycles. The van der Waals surface area contributed by atoms with Crippen molar-refractivity contribution in [1.29, 1.82) is 0 Å². The summed E-state index contributed by atoms with van der Waals surface area (Å²) < 4.78 is 194. The van der Waals surface area contributed by atoms with Gasteiger partial charge >= 0.3 is 20.2 Å². The smallest absolute Gasteiger partial charge is 0.272 e. The number of hydroxylamine groups is 4. The fourth-order valence-electron chi connectivity index (χ4n) is 4.76. The molecule has 3 fully saturated rings. The number of hydrogen-bond acceptors (Lipinski definition) is 10. The third-order valence-corrected chi connectivity index (χ3v) is 9.08. The van der Waals surface area contributed by atoms with Crippen molar-refractivity contribution in [2.24, 2.45) is 23.7 Å². The Morgan fingerprint density at radius 2 is 0.568 bits per heavy atom. The van der Waals surface area contributed by atoms with Gasteiger partial charge in [0.2, 0.25) is 11.6 Å². The van der Waals surface area contributed by atoms with Crippen LogP contribution in [0.4, 0.5) is 43.9 Å². The molecule has 2 heterocycles. The van der Waals surface area contributed by atoms with Crippen molar-refractivity contribution in [3.63, 3.8) is 0 Å². The highest BCUT2D eigenvalue weighted by molar-refractivity contribution is 7.87. The van der Waals surface area contributed by atoms with Gasteiger partial charge in [-0.05, 0) is 0 Å². The molecule has 12 nitrogen and oxygen atoms in total. The van der Waals surface area contributed by atoms with E-state index < -0.39 is 146 Å². The summed E-state index contributed by atoms with van der Waals surface area (Å²) in [6, 6.07) is 0. The van der Waals surface area contributed by atoms with Gasteiger partial charge in [0.15, 0.2) is 56.3 Å². The first-order valence-corrected chi connectivity index (χ1v) is 13.7. The molecule has 0 unspecified atom stereocenters. The third kappa shape index (κ3) is 3.96. The molecule has 44 heavy (non-hydrogen) atoms. The van der Waals surface area contributed by atoms with Crippen LogP contribution in [0.15, 0.2) is 9.79 Å². The monoisotopic (exact) mass is 686 g/mol. The van der Waals surface area contributed by atoms with E-state index in [1.807, 2.05) is 0 Å². The number of hydrogen-bond donors (Lipinski definition) is 0. The zero-order valence-electron chi connectivity index (χ0n) is 19.9. The summed E-state index contributed by atoms with van der Waals surface area (Å²) in [5.41, 5.74) is 0. The Morgan fingerprint density at radius 1 is 0.386 bits per heavy atom. The Bertz CT molecular complexity index is 1740. The Morgan fingerprint density at radius 3 is 0.773 bits per heavy atom. The largest absolute Gasteiger partial charge is 0.324 e. The zero-order chi connectivity index (χ0) is 33.1. The van der Waals surface area contributed by atoms with E-state index in [1.54, 1.807) is 0 Å². The summed E-state index contributed by atoms with van der Waals surface area (Å²) in [5.74, 6) is -44.5. The van der Waals surface area contributed by atoms with E-state index in [4.69, 9.17) is 0 Å². The van der Waals surface area contributed by atoms with Gasteiger partial charge in [0.1, 0.15) is 0 Å². The Hall–Kier alpha value is -4.16. The maximum atomic E-state index is 14.0. The minimum Gasteiger partial charge on any atom is -0.272 e. The van der Waals surface area contributed by atoms with E-state index in [1.165, 1.54) is 0 Å². The molecule has 3 aliphatic rings. The molecule has 2 aliphatic heterocycles. The lowest BCUT2D eigenvalue weighted by atomic mass is 9.59. The summed E-state index contributed by atoms with van der Waals surface area (Å²) in [4.78, 5) is 45.6. The van der Waals surface area contributed by atoms with Gasteiger partial charge in [0.05, 0.1) is 23.7 Å². The maximum absolute atomic E-state index is 14.0. The van der Waals surface area contributed by atoms with E-state index in [-0.39, 0.29) is 0 Å². The second kappa shape index (κ2) is 9.67. The number of amides is 4. The number of halogens is 10. The van der Waals surface area contributed by atoms with Gasteiger partial charge in [0.25, 0.3) is 23.6 Å². The average Bonchev–Trinajstić information content (AvgIpc) is 3.23. The molecule has 1 saturated carbocycles. The standard InChI is InChI=1S/C20H4F10N2O10S2/c21-5-7(23)11(27)15(12(28)8(5)24)43(37,38)41-31-17(33)1-2(18(31)34)4-3(1)19(35)32(20(4)36)42-44(39,40)16-13(29)9(25)6(22)10(26)14(16)30/h1-4H. The average molecular weight is 686 g/mol. The van der Waals surface area contributed by atoms with Crippen LogP contribution in [-0.4, -0.2) is 50.6 Å². The van der Waals surface area contributed by atoms with Crippen LogP contribution in [0, 0.1) is 81.8 Å². The molecule has 0 atom stereocenters. The van der Waals surface area contributed by atoms with Gasteiger partial charge in [0, 0.05) is 0 Å². The number of rotatable bonds is 6. The number of benzene rings is 2. The minimum absolute atomic E-state index is 0.779. The van der Waals surface area contributed by atoms with Crippen LogP contribution in [0.3, 0.4) is 0 Å². The third-order valence-electron chi connectivity index (χ3n) is 6.67. The number of carbonyl (C=O) groups is 4. The molecule has 0 radical (unpaired) electrons. The topological polar surface area (TPSA) is 161 Å². The molecule has 0 aromatic heterocycles. The lowest BCUT2D eigenvalue weighted by Gasteiger charge is -2.35. The molecule has 0 spiro atoms. The minimum atomic E-state index is -6.24. The van der Waals surface area contributed by atoms with Crippen molar-refractivity contribution < 1.29 is 88.5 Å². The van der Waals surface area contributed by atoms with E-state index in [0.717, 1.165) is 0 Å². The first kappa shape index (κ1) is 31.3. The number of carbonyl (C=O) groups excluding carboxylic acids is 4. The van der Waals surface area contributed by atoms with Crippen LogP contribution in [0.5, 0.6) is 0 Å². The normalized spacial score (nSPS) is 23.4. The van der Waals surface area contributed by atoms with Crippen molar-refractivity contribution in [2.45, 2.75) is 9.79 Å². The van der Waals surface area contributed by atoms with Gasteiger partial charge in [-0.15, -0.1) is 18.7 Å². The van der Waals surface area contributed by atoms with Crippen molar-refractivity contribution in [1.82, 2.24) is 10.1 Å². The van der Waals surface area contributed by atoms with E-state index in [9.17, 15) is 79.9 Å². The Labute approximate surface area is 234 Å². The van der Waals surface area contributed by atoms with Crippen molar-refractivity contribution >= 4 is 43.9 Å². The summed E-state index contributed by atoms with van der Waals surface area (Å²) in [5, 5.41) is -1.56. The molecule has 0 bridgehead atoms. The van der Waals surface area contributed by atoms with Crippen LogP contribution in [0.2, 0.25) is 0 Å². The SMILES string of the molecule is O=C1C2C(C(=O)N1OS(=O)(=O)c1c(F)c(F)c(F)c(F)c1F)C1C(=O)N(OS(=O)(=O)c3c(F)c(F)c(F)c(F)c3F)C(=O)C21. The quantitative estimate of drug-likeness (QED) is 0.187. The summed E-state index contributed by atoms with van der Waals surface area (Å²) in [6.07, 6.45) is 0. The molecule has 0 N–H and O–H groups in total. The lowest BCUT2D eigenvalue weighted by Crippen LogP contribution is -2.50. The molecule has 5 rings (SSSR count). The zero-order valence-corrected chi connectivity index (χ0v) is 21.5. The highest BCUT2D eigenvalue weighted by atomic mass is 32.2. The molecule has 2 aromatic rings. The molecular formula is C20H4F10N2O10S2. The Balaban J connectivity index is 1.43. The van der Waals surface area contributed by atoms with E-state index in [0.29, 0.717) is 0 Å². The highest BCUT2D eigenvalue weighted by Crippen LogP contribution is 2.57. The first-order valence-electron chi connectivity index (χ1n) is 10.9. The van der Waals surface area contributed by atoms with E-state index >= 15 is 0 Å². The summed E-state index contributed by atoms with van der Waals surface area (Å²) in [7, 11) is -12.5. The van der Waals surface area contributed by atoms with Gasteiger partial charge in [-0.3, -0.25) is 19.2 Å². The second-order valence-electron chi connectivity index (χ2n) is 8.90. The van der Waals surface area contributed by atoms with Crippen molar-refractivity contribution in [3.05, 3.63) is 58.2 Å². The van der Waals surface area contributed by atoms with Crippen LogP contribution in [0.25, 0.3) is 0 Å². The van der Waals surface area contributed by atoms with Crippen molar-refractivity contribution in [3.8, 4) is 0 Å². The van der Waals surface area contributed by atoms with Crippen LogP contribution >= 0.6 is 0 Å². The molecule has 2 saturated heterocycles. The molecule has 4 amide bonds. The summed E-state index contributed by atoms with van der Waals surface area (Å²) >= 11 is 0. The number of nitrogens with zero attached hydrogens (tertiary/aromatic N) is 2. The highest BCUT2D eigenvalue weighted by Gasteiger charge is 2.75. The lowest BCUT2D eigenvalue weighted by molar-refractivity contribution is -0.169. The maximum Gasteiger partial charge on any atom is 0.324 e. The number of fused-ring (bicyclic) bond motifs is 4. The van der Waals surface area contributed by atoms with Gasteiger partial charge < -0.3 is 0 Å². The fourth-order valence-corrected chi connectivity index (χ4v) is 6.83. The fraction of sp³-hybridized carbons (Fsp3) is 0.200. The predicted molar refractivity (Wildman–Crippen MR) is 107 cm³/mol. The molecular weight excluding hydrogens is 682 g/mol. The molecule has 236 valence electrons. The van der Waals surface area contributed by atoms with Crippen LogP contribution < -0.4 is 0 Å². The number of imide groups is 2. The summed E-state index contributed by atoms with van der Waals surface area (Å²) in [6.45, 7) is 0. The molecule has 2 aromatic carbocycles. The second-order valence-corrected chi connectivity index (χ2v) is 11.8. The Kier molecular flexibility index (Phi) is 6.87. The molecule has 24 heteroatoms. The van der Waals surface area contributed by atoms with E-state index in [2.05, 4.69) is 8.57 Å². The first-order chi connectivity index (χ1) is 20.2. The van der Waals surface area contributed by atoms with Crippen LogP contribution in [0.1, 0.15) is 0 Å². The van der Waals surface area contributed by atoms with Gasteiger partial charge in [-0.25, -0.2) is 43.9 Å². The predicted octanol–water partition coefficient (Wildman–Crippen LogP) is 1.23. The van der Waals surface area contributed by atoms with Gasteiger partial charge in [-0.2, -0.15) is 16.8 Å². The van der Waals surface area contributed by atoms with Gasteiger partial charge in [-0.1, -0.05) is 0 Å². The van der Waals surface area contributed by atoms with Crippen molar-refractivity contribution in [2.75, 3.05) is 0 Å². The van der Waals surface area contributed by atoms with Crippen LogP contribution in [-0.2, 0) is 48.0 Å².